The second-order valence-electron chi connectivity index (χ2n) is 7.31. The number of aliphatic hydroxyl groups excluding tert-OH is 1. The second-order valence-corrected chi connectivity index (χ2v) is 8.15. The number of rotatable bonds is 7. The summed E-state index contributed by atoms with van der Waals surface area (Å²) in [5, 5.41) is 11.1. The lowest BCUT2D eigenvalue weighted by molar-refractivity contribution is 0.169. The molecular weight excluding hydrogens is 365 g/mol. The van der Waals surface area contributed by atoms with Crippen molar-refractivity contribution < 1.29 is 5.11 Å². The minimum absolute atomic E-state index is 0.0711. The lowest BCUT2D eigenvalue weighted by Gasteiger charge is -2.33. The van der Waals surface area contributed by atoms with Crippen LogP contribution in [0.25, 0.3) is 0 Å². The standard InChI is InChI=1S/C22H27Cl2NO/c23-20-6-7-21(22(24)15-20)19(16-26)10-13-25-11-8-18(9-12-25)14-17-4-2-1-3-5-17/h1-7,15,18-19,26H,8-14,16H2. The summed E-state index contributed by atoms with van der Waals surface area (Å²) in [4.78, 5) is 2.52. The lowest BCUT2D eigenvalue weighted by atomic mass is 9.89. The van der Waals surface area contributed by atoms with Crippen LogP contribution in [0, 0.1) is 5.92 Å². The minimum Gasteiger partial charge on any atom is -0.396 e. The van der Waals surface area contributed by atoms with Crippen LogP contribution >= 0.6 is 23.2 Å². The maximum atomic E-state index is 9.80. The van der Waals surface area contributed by atoms with E-state index in [2.05, 4.69) is 35.2 Å². The van der Waals surface area contributed by atoms with E-state index < -0.39 is 0 Å². The minimum atomic E-state index is 0.0711. The Morgan fingerprint density at radius 3 is 2.42 bits per heavy atom. The molecule has 3 rings (SSSR count). The molecule has 0 saturated carbocycles. The van der Waals surface area contributed by atoms with Crippen LogP contribution in [0.4, 0.5) is 0 Å². The van der Waals surface area contributed by atoms with Gasteiger partial charge in [0.25, 0.3) is 0 Å². The number of piperidine rings is 1. The zero-order valence-corrected chi connectivity index (χ0v) is 16.6. The molecule has 0 spiro atoms. The predicted molar refractivity (Wildman–Crippen MR) is 110 cm³/mol. The molecule has 4 heteroatoms. The third kappa shape index (κ3) is 5.47. The first kappa shape index (κ1) is 19.7. The molecule has 0 amide bonds. The van der Waals surface area contributed by atoms with Crippen molar-refractivity contribution in [2.75, 3.05) is 26.2 Å². The predicted octanol–water partition coefficient (Wildman–Crippen LogP) is 5.41. The summed E-state index contributed by atoms with van der Waals surface area (Å²) >= 11 is 12.3. The van der Waals surface area contributed by atoms with Gasteiger partial charge in [-0.05, 0) is 74.5 Å². The van der Waals surface area contributed by atoms with Crippen molar-refractivity contribution in [1.29, 1.82) is 0 Å². The van der Waals surface area contributed by atoms with E-state index in [9.17, 15) is 5.11 Å². The highest BCUT2D eigenvalue weighted by atomic mass is 35.5. The van der Waals surface area contributed by atoms with E-state index >= 15 is 0 Å². The van der Waals surface area contributed by atoms with Gasteiger partial charge in [-0.25, -0.2) is 0 Å². The highest BCUT2D eigenvalue weighted by molar-refractivity contribution is 6.35. The number of nitrogens with zero attached hydrogens (tertiary/aromatic N) is 1. The Hall–Kier alpha value is -1.06. The normalized spacial score (nSPS) is 17.3. The molecule has 140 valence electrons. The molecule has 2 aromatic rings. The Kier molecular flexibility index (Phi) is 7.39. The van der Waals surface area contributed by atoms with Crippen LogP contribution in [0.2, 0.25) is 10.0 Å². The van der Waals surface area contributed by atoms with Crippen LogP contribution in [0.3, 0.4) is 0 Å². The summed E-state index contributed by atoms with van der Waals surface area (Å²) in [6.45, 7) is 3.40. The van der Waals surface area contributed by atoms with Gasteiger partial charge in [0.15, 0.2) is 0 Å². The Morgan fingerprint density at radius 1 is 1.04 bits per heavy atom. The van der Waals surface area contributed by atoms with Crippen molar-refractivity contribution in [3.05, 3.63) is 69.7 Å². The highest BCUT2D eigenvalue weighted by Crippen LogP contribution is 2.30. The summed E-state index contributed by atoms with van der Waals surface area (Å²) in [7, 11) is 0. The number of benzene rings is 2. The van der Waals surface area contributed by atoms with Crippen molar-refractivity contribution in [2.24, 2.45) is 5.92 Å². The van der Waals surface area contributed by atoms with Crippen LogP contribution < -0.4 is 0 Å². The van der Waals surface area contributed by atoms with Gasteiger partial charge in [0.05, 0.1) is 6.61 Å². The second kappa shape index (κ2) is 9.75. The summed E-state index contributed by atoms with van der Waals surface area (Å²) in [5.41, 5.74) is 2.45. The monoisotopic (exact) mass is 391 g/mol. The summed E-state index contributed by atoms with van der Waals surface area (Å²) < 4.78 is 0. The van der Waals surface area contributed by atoms with Crippen molar-refractivity contribution >= 4 is 23.2 Å². The molecule has 0 radical (unpaired) electrons. The van der Waals surface area contributed by atoms with Crippen LogP contribution in [0.1, 0.15) is 36.3 Å². The topological polar surface area (TPSA) is 23.5 Å². The third-order valence-electron chi connectivity index (χ3n) is 5.49. The molecule has 1 saturated heterocycles. The molecule has 1 unspecified atom stereocenters. The fourth-order valence-electron chi connectivity index (χ4n) is 3.88. The number of likely N-dealkylation sites (tertiary alicyclic amines) is 1. The summed E-state index contributed by atoms with van der Waals surface area (Å²) in [6, 6.07) is 16.3. The van der Waals surface area contributed by atoms with Crippen LogP contribution in [0.5, 0.6) is 0 Å². The Labute approximate surface area is 166 Å². The maximum Gasteiger partial charge on any atom is 0.0500 e. The fraction of sp³-hybridized carbons (Fsp3) is 0.455. The van der Waals surface area contributed by atoms with E-state index in [0.29, 0.717) is 10.0 Å². The van der Waals surface area contributed by atoms with Crippen LogP contribution in [-0.2, 0) is 6.42 Å². The SMILES string of the molecule is OCC(CCN1CCC(Cc2ccccc2)CC1)c1ccc(Cl)cc1Cl. The van der Waals surface area contributed by atoms with Gasteiger partial charge in [-0.15, -0.1) is 0 Å². The van der Waals surface area contributed by atoms with E-state index in [1.54, 1.807) is 6.07 Å². The molecule has 1 N–H and O–H groups in total. The zero-order valence-electron chi connectivity index (χ0n) is 15.1. The van der Waals surface area contributed by atoms with E-state index in [1.165, 1.54) is 24.8 Å². The number of halogens is 2. The van der Waals surface area contributed by atoms with Gasteiger partial charge in [-0.2, -0.15) is 0 Å². The zero-order chi connectivity index (χ0) is 18.4. The number of hydrogen-bond donors (Lipinski definition) is 1. The quantitative estimate of drug-likeness (QED) is 0.681. The molecule has 0 aromatic heterocycles. The van der Waals surface area contributed by atoms with Gasteiger partial charge in [0.2, 0.25) is 0 Å². The molecule has 26 heavy (non-hydrogen) atoms. The Bertz CT molecular complexity index is 684. The van der Waals surface area contributed by atoms with Crippen molar-refractivity contribution in [1.82, 2.24) is 4.90 Å². The molecule has 1 aliphatic rings. The van der Waals surface area contributed by atoms with E-state index in [0.717, 1.165) is 37.5 Å². The van der Waals surface area contributed by atoms with E-state index in [-0.39, 0.29) is 12.5 Å². The molecule has 1 atom stereocenters. The van der Waals surface area contributed by atoms with Gasteiger partial charge in [0.1, 0.15) is 0 Å². The van der Waals surface area contributed by atoms with Crippen LogP contribution in [-0.4, -0.2) is 36.2 Å². The molecule has 2 nitrogen and oxygen atoms in total. The van der Waals surface area contributed by atoms with Gasteiger partial charge in [-0.1, -0.05) is 59.6 Å². The van der Waals surface area contributed by atoms with E-state index in [4.69, 9.17) is 23.2 Å². The average molecular weight is 392 g/mol. The highest BCUT2D eigenvalue weighted by Gasteiger charge is 2.21. The van der Waals surface area contributed by atoms with Crippen LogP contribution in [0.15, 0.2) is 48.5 Å². The lowest BCUT2D eigenvalue weighted by Crippen LogP contribution is -2.35. The van der Waals surface area contributed by atoms with E-state index in [1.807, 2.05) is 12.1 Å². The smallest absolute Gasteiger partial charge is 0.0500 e. The van der Waals surface area contributed by atoms with Crippen molar-refractivity contribution in [2.45, 2.75) is 31.6 Å². The summed E-state index contributed by atoms with van der Waals surface area (Å²) in [6.07, 6.45) is 4.61. The van der Waals surface area contributed by atoms with Gasteiger partial charge >= 0.3 is 0 Å². The molecule has 0 bridgehead atoms. The Morgan fingerprint density at radius 2 is 1.77 bits per heavy atom. The first-order valence-electron chi connectivity index (χ1n) is 9.48. The fourth-order valence-corrected chi connectivity index (χ4v) is 4.44. The van der Waals surface area contributed by atoms with Crippen molar-refractivity contribution in [3.8, 4) is 0 Å². The number of hydrogen-bond acceptors (Lipinski definition) is 2. The molecule has 1 fully saturated rings. The van der Waals surface area contributed by atoms with Gasteiger partial charge in [0, 0.05) is 16.0 Å². The van der Waals surface area contributed by atoms with Crippen molar-refractivity contribution in [3.63, 3.8) is 0 Å². The maximum absolute atomic E-state index is 9.80. The van der Waals surface area contributed by atoms with Gasteiger partial charge < -0.3 is 10.0 Å². The molecule has 1 aliphatic heterocycles. The Balaban J connectivity index is 1.46. The average Bonchev–Trinajstić information content (AvgIpc) is 2.65. The first-order valence-corrected chi connectivity index (χ1v) is 10.2. The summed E-state index contributed by atoms with van der Waals surface area (Å²) in [5.74, 6) is 0.856. The first-order chi connectivity index (χ1) is 12.7. The molecule has 0 aliphatic carbocycles. The molecule has 1 heterocycles. The molecular formula is C22H27Cl2NO. The molecule has 2 aromatic carbocycles. The largest absolute Gasteiger partial charge is 0.396 e. The number of aliphatic hydroxyl groups is 1. The van der Waals surface area contributed by atoms with Gasteiger partial charge in [-0.3, -0.25) is 0 Å². The third-order valence-corrected chi connectivity index (χ3v) is 6.05.